The zero-order valence-electron chi connectivity index (χ0n) is 13.2. The average Bonchev–Trinajstić information content (AvgIpc) is 2.42. The molecule has 4 nitrogen and oxygen atoms in total. The highest BCUT2D eigenvalue weighted by molar-refractivity contribution is 5.75. The van der Waals surface area contributed by atoms with Crippen LogP contribution in [-0.4, -0.2) is 53.6 Å². The number of hydrogen-bond acceptors (Lipinski definition) is 3. The fourth-order valence-corrected chi connectivity index (χ4v) is 2.98. The molecule has 0 bridgehead atoms. The number of hydrogen-bond donors (Lipinski definition) is 1. The molecule has 0 aromatic heterocycles. The number of piperazine rings is 1. The quantitative estimate of drug-likeness (QED) is 0.904. The van der Waals surface area contributed by atoms with Crippen LogP contribution in [0.3, 0.4) is 0 Å². The monoisotopic (exact) mass is 290 g/mol. The SMILES string of the molecule is Cc1ccc(C(C(=O)O)N2CCN(CC(C)C)CC2)cc1. The van der Waals surface area contributed by atoms with Gasteiger partial charge in [0.1, 0.15) is 6.04 Å². The predicted molar refractivity (Wildman–Crippen MR) is 84.4 cm³/mol. The molecule has 116 valence electrons. The van der Waals surface area contributed by atoms with Gasteiger partial charge in [-0.2, -0.15) is 0 Å². The summed E-state index contributed by atoms with van der Waals surface area (Å²) in [6.45, 7) is 11.1. The number of benzene rings is 1. The number of carboxylic acid groups (broad SMARTS) is 1. The molecule has 1 N–H and O–H groups in total. The van der Waals surface area contributed by atoms with E-state index < -0.39 is 12.0 Å². The normalized spacial score (nSPS) is 18.9. The molecular weight excluding hydrogens is 264 g/mol. The molecule has 4 heteroatoms. The van der Waals surface area contributed by atoms with Crippen LogP contribution in [0.2, 0.25) is 0 Å². The van der Waals surface area contributed by atoms with Crippen molar-refractivity contribution in [3.63, 3.8) is 0 Å². The second kappa shape index (κ2) is 7.05. The maximum absolute atomic E-state index is 11.7. The van der Waals surface area contributed by atoms with E-state index in [1.165, 1.54) is 0 Å². The Balaban J connectivity index is 2.04. The van der Waals surface area contributed by atoms with Crippen LogP contribution in [0.4, 0.5) is 0 Å². The van der Waals surface area contributed by atoms with Crippen molar-refractivity contribution in [2.45, 2.75) is 26.8 Å². The molecule has 0 amide bonds. The molecule has 0 aliphatic carbocycles. The first kappa shape index (κ1) is 16.0. The molecule has 21 heavy (non-hydrogen) atoms. The summed E-state index contributed by atoms with van der Waals surface area (Å²) in [4.78, 5) is 16.2. The Morgan fingerprint density at radius 1 is 1.14 bits per heavy atom. The lowest BCUT2D eigenvalue weighted by Gasteiger charge is -2.38. The van der Waals surface area contributed by atoms with Gasteiger partial charge in [-0.25, -0.2) is 0 Å². The minimum Gasteiger partial charge on any atom is -0.480 e. The largest absolute Gasteiger partial charge is 0.480 e. The zero-order chi connectivity index (χ0) is 15.4. The lowest BCUT2D eigenvalue weighted by molar-refractivity contribution is -0.144. The minimum absolute atomic E-state index is 0.521. The molecule has 1 unspecified atom stereocenters. The van der Waals surface area contributed by atoms with Crippen LogP contribution in [0.1, 0.15) is 31.0 Å². The lowest BCUT2D eigenvalue weighted by Crippen LogP contribution is -2.49. The Labute approximate surface area is 127 Å². The average molecular weight is 290 g/mol. The molecule has 1 aromatic carbocycles. The van der Waals surface area contributed by atoms with Gasteiger partial charge >= 0.3 is 5.97 Å². The molecule has 1 aromatic rings. The molecule has 1 aliphatic rings. The highest BCUT2D eigenvalue weighted by Gasteiger charge is 2.30. The summed E-state index contributed by atoms with van der Waals surface area (Å²) in [6.07, 6.45) is 0. The third-order valence-electron chi connectivity index (χ3n) is 4.02. The van der Waals surface area contributed by atoms with Crippen LogP contribution in [0.15, 0.2) is 24.3 Å². The third kappa shape index (κ3) is 4.29. The van der Waals surface area contributed by atoms with E-state index in [1.807, 2.05) is 31.2 Å². The van der Waals surface area contributed by atoms with Crippen LogP contribution in [-0.2, 0) is 4.79 Å². The van der Waals surface area contributed by atoms with Gasteiger partial charge in [-0.1, -0.05) is 43.7 Å². The molecule has 1 aliphatic heterocycles. The third-order valence-corrected chi connectivity index (χ3v) is 4.02. The van der Waals surface area contributed by atoms with Crippen LogP contribution in [0.25, 0.3) is 0 Å². The van der Waals surface area contributed by atoms with Gasteiger partial charge in [-0.05, 0) is 18.4 Å². The maximum Gasteiger partial charge on any atom is 0.325 e. The van der Waals surface area contributed by atoms with E-state index in [-0.39, 0.29) is 0 Å². The van der Waals surface area contributed by atoms with E-state index in [4.69, 9.17) is 0 Å². The summed E-state index contributed by atoms with van der Waals surface area (Å²) in [5.74, 6) is -0.0971. The van der Waals surface area contributed by atoms with E-state index in [0.717, 1.165) is 43.9 Å². The van der Waals surface area contributed by atoms with E-state index in [2.05, 4.69) is 23.6 Å². The van der Waals surface area contributed by atoms with E-state index in [1.54, 1.807) is 0 Å². The first-order valence-corrected chi connectivity index (χ1v) is 7.73. The van der Waals surface area contributed by atoms with Gasteiger partial charge in [0, 0.05) is 32.7 Å². The first-order valence-electron chi connectivity index (χ1n) is 7.73. The van der Waals surface area contributed by atoms with Crippen molar-refractivity contribution in [3.05, 3.63) is 35.4 Å². The number of carbonyl (C=O) groups is 1. The van der Waals surface area contributed by atoms with E-state index >= 15 is 0 Å². The molecule has 1 heterocycles. The Kier molecular flexibility index (Phi) is 5.37. The van der Waals surface area contributed by atoms with Gasteiger partial charge in [0.2, 0.25) is 0 Å². The molecule has 0 radical (unpaired) electrons. The molecule has 0 saturated carbocycles. The fourth-order valence-electron chi connectivity index (χ4n) is 2.98. The van der Waals surface area contributed by atoms with E-state index in [0.29, 0.717) is 5.92 Å². The van der Waals surface area contributed by atoms with Gasteiger partial charge in [0.25, 0.3) is 0 Å². The van der Waals surface area contributed by atoms with Crippen molar-refractivity contribution >= 4 is 5.97 Å². The van der Waals surface area contributed by atoms with Crippen molar-refractivity contribution in [3.8, 4) is 0 Å². The molecular formula is C17H26N2O2. The summed E-state index contributed by atoms with van der Waals surface area (Å²) in [7, 11) is 0. The zero-order valence-corrected chi connectivity index (χ0v) is 13.2. The van der Waals surface area contributed by atoms with Crippen LogP contribution in [0, 0.1) is 12.8 Å². The van der Waals surface area contributed by atoms with Crippen molar-refractivity contribution in [2.75, 3.05) is 32.7 Å². The van der Waals surface area contributed by atoms with Gasteiger partial charge in [-0.15, -0.1) is 0 Å². The van der Waals surface area contributed by atoms with Crippen LogP contribution in [0.5, 0.6) is 0 Å². The summed E-state index contributed by atoms with van der Waals surface area (Å²) in [5.41, 5.74) is 2.04. The summed E-state index contributed by atoms with van der Waals surface area (Å²) in [6, 6.07) is 7.33. The molecule has 1 atom stereocenters. The summed E-state index contributed by atoms with van der Waals surface area (Å²) in [5, 5.41) is 9.60. The molecule has 0 spiro atoms. The summed E-state index contributed by atoms with van der Waals surface area (Å²) >= 11 is 0. The first-order chi connectivity index (χ1) is 9.97. The number of carboxylic acids is 1. The van der Waals surface area contributed by atoms with Crippen molar-refractivity contribution in [1.29, 1.82) is 0 Å². The lowest BCUT2D eigenvalue weighted by atomic mass is 10.0. The Bertz CT molecular complexity index is 462. The highest BCUT2D eigenvalue weighted by Crippen LogP contribution is 2.23. The van der Waals surface area contributed by atoms with Crippen molar-refractivity contribution in [1.82, 2.24) is 9.80 Å². The Morgan fingerprint density at radius 2 is 1.71 bits per heavy atom. The highest BCUT2D eigenvalue weighted by atomic mass is 16.4. The topological polar surface area (TPSA) is 43.8 Å². The van der Waals surface area contributed by atoms with Gasteiger partial charge in [0.15, 0.2) is 0 Å². The number of rotatable bonds is 5. The smallest absolute Gasteiger partial charge is 0.325 e. The Morgan fingerprint density at radius 3 is 2.19 bits per heavy atom. The fraction of sp³-hybridized carbons (Fsp3) is 0.588. The van der Waals surface area contributed by atoms with Crippen LogP contribution < -0.4 is 0 Å². The van der Waals surface area contributed by atoms with Gasteiger partial charge in [0.05, 0.1) is 0 Å². The number of nitrogens with zero attached hydrogens (tertiary/aromatic N) is 2. The van der Waals surface area contributed by atoms with Crippen molar-refractivity contribution < 1.29 is 9.90 Å². The van der Waals surface area contributed by atoms with Gasteiger partial charge < -0.3 is 10.0 Å². The molecule has 1 fully saturated rings. The number of aliphatic carboxylic acids is 1. The van der Waals surface area contributed by atoms with E-state index in [9.17, 15) is 9.90 Å². The summed E-state index contributed by atoms with van der Waals surface area (Å²) < 4.78 is 0. The second-order valence-electron chi connectivity index (χ2n) is 6.38. The molecule has 1 saturated heterocycles. The minimum atomic E-state index is -0.754. The Hall–Kier alpha value is -1.39. The number of aryl methyl sites for hydroxylation is 1. The van der Waals surface area contributed by atoms with Crippen LogP contribution >= 0.6 is 0 Å². The predicted octanol–water partition coefficient (Wildman–Crippen LogP) is 2.39. The van der Waals surface area contributed by atoms with Gasteiger partial charge in [-0.3, -0.25) is 9.69 Å². The maximum atomic E-state index is 11.7. The standard InChI is InChI=1S/C17H26N2O2/c1-13(2)12-18-8-10-19(11-9-18)16(17(20)21)15-6-4-14(3)5-7-15/h4-7,13,16H,8-12H2,1-3H3,(H,20,21). The second-order valence-corrected chi connectivity index (χ2v) is 6.38. The molecule has 2 rings (SSSR count). The van der Waals surface area contributed by atoms with Crippen molar-refractivity contribution in [2.24, 2.45) is 5.92 Å².